The van der Waals surface area contributed by atoms with E-state index in [1.165, 1.54) is 10.8 Å². The van der Waals surface area contributed by atoms with Crippen LogP contribution in [0.3, 0.4) is 0 Å². The average molecular weight is 1730 g/mol. The molecule has 0 aromatic heterocycles. The van der Waals surface area contributed by atoms with Crippen LogP contribution in [0.15, 0.2) is 498 Å². The quantitative estimate of drug-likeness (QED) is 0.0981. The van der Waals surface area contributed by atoms with E-state index >= 15 is 0 Å². The second-order valence-corrected chi connectivity index (χ2v) is 27.6. The molecule has 562 valence electrons. The van der Waals surface area contributed by atoms with Crippen molar-refractivity contribution >= 4 is 132 Å². The molecule has 0 fully saturated rings. The fourth-order valence-electron chi connectivity index (χ4n) is 12.0. The van der Waals surface area contributed by atoms with Gasteiger partial charge in [0.05, 0.1) is 49.3 Å². The Balaban J connectivity index is 0.000000156. The topological polar surface area (TPSA) is 21.8 Å². The second-order valence-electron chi connectivity index (χ2n) is 25.3. The lowest BCUT2D eigenvalue weighted by Crippen LogP contribution is -2.09. The van der Waals surface area contributed by atoms with Crippen molar-refractivity contribution in [3.05, 3.63) is 498 Å². The van der Waals surface area contributed by atoms with E-state index in [0.717, 1.165) is 22.1 Å². The van der Waals surface area contributed by atoms with Crippen molar-refractivity contribution in [1.82, 2.24) is 0 Å². The van der Waals surface area contributed by atoms with Crippen molar-refractivity contribution in [1.29, 1.82) is 0 Å². The molecule has 0 aliphatic rings. The SMILES string of the molecule is [2H]c1c([2H])c(-c2c([2H])c([2H])c(-c3c([2H])c([2H])c(Br)c([2H])c3[2H])c([2H])c2[2H])c([2H])c([2H])c1Br.[2H]c1c([2H])c(-c2c([2H])c([2H])c(-c3c([2H])c([2H])c(N(c4ccccc4)c4ccccc4)c([2H])c3[2H])c([2H])c2[2H])c([2H])c([2H])c1Br.[2H]c1c([2H])c(-c2c([2H])c([2H])c(N(c3ccccc3)c3ccc4ccccc4c3)c([2H])c2[2H])c([2H])c([2H])c1-c1c([2H])c([2H])c(N(c2ccccc2)c2ccccc2)c([2H])c1[2H].c1ccc(Nc2ccc3ccccc3c2)cc1. The minimum Gasteiger partial charge on any atom is -0.356 e. The molecular weight excluding hydrogens is 1620 g/mol. The van der Waals surface area contributed by atoms with Gasteiger partial charge in [-0.15, -0.1) is 0 Å². The average Bonchev–Trinajstić information content (AvgIpc) is 0.729. The molecule has 1 N–H and O–H groups in total. The third-order valence-electron chi connectivity index (χ3n) is 17.5. The van der Waals surface area contributed by atoms with Gasteiger partial charge in [0.25, 0.3) is 0 Å². The number of anilines is 11. The second kappa shape index (κ2) is 38.0. The number of rotatable bonds is 17. The highest BCUT2D eigenvalue weighted by molar-refractivity contribution is 9.11. The molecule has 19 rings (SSSR count). The highest BCUT2D eigenvalue weighted by Crippen LogP contribution is 2.41. The molecule has 7 heteroatoms. The van der Waals surface area contributed by atoms with Gasteiger partial charge in [0, 0.05) is 76.0 Å². The van der Waals surface area contributed by atoms with Crippen LogP contribution in [0.2, 0.25) is 0 Å². The molecule has 0 atom stereocenters. The van der Waals surface area contributed by atoms with E-state index in [0.29, 0.717) is 34.1 Å². The van der Waals surface area contributed by atoms with Crippen LogP contribution in [0, 0.1) is 0 Å². The summed E-state index contributed by atoms with van der Waals surface area (Å²) in [5.74, 6) is 0. The molecule has 117 heavy (non-hydrogen) atoms. The number of para-hydroxylation sites is 6. The maximum Gasteiger partial charge on any atom is 0.0645 e. The number of halogens is 3. The Bertz CT molecular complexity index is 8320. The summed E-state index contributed by atoms with van der Waals surface area (Å²) >= 11 is 8.94. The van der Waals surface area contributed by atoms with Crippen molar-refractivity contribution in [3.8, 4) is 66.8 Å². The molecule has 0 saturated carbocycles. The van der Waals surface area contributed by atoms with E-state index in [1.807, 2.05) is 66.7 Å². The Hall–Kier alpha value is -13.7. The molecule has 0 unspecified atom stereocenters. The Morgan fingerprint density at radius 2 is 0.368 bits per heavy atom. The summed E-state index contributed by atoms with van der Waals surface area (Å²) in [6.45, 7) is 0. The van der Waals surface area contributed by atoms with Gasteiger partial charge in [0.15, 0.2) is 0 Å². The molecule has 19 aromatic carbocycles. The first-order chi connectivity index (χ1) is 72.8. The van der Waals surface area contributed by atoms with Gasteiger partial charge in [-0.25, -0.2) is 0 Å². The van der Waals surface area contributed by atoms with E-state index < -0.39 is 284 Å². The molecule has 19 aromatic rings. The molecule has 0 bridgehead atoms. The van der Waals surface area contributed by atoms with Crippen molar-refractivity contribution in [3.63, 3.8) is 0 Å². The Labute approximate surface area is 762 Å². The van der Waals surface area contributed by atoms with Crippen molar-refractivity contribution in [2.24, 2.45) is 0 Å². The Morgan fingerprint density at radius 3 is 0.641 bits per heavy atom. The monoisotopic (exact) mass is 1730 g/mol. The van der Waals surface area contributed by atoms with Crippen LogP contribution in [-0.4, -0.2) is 0 Å². The van der Waals surface area contributed by atoms with Gasteiger partial charge in [0.1, 0.15) is 0 Å². The van der Waals surface area contributed by atoms with Gasteiger partial charge in [-0.2, -0.15) is 0 Å². The van der Waals surface area contributed by atoms with Crippen molar-refractivity contribution in [2.45, 2.75) is 0 Å². The van der Waals surface area contributed by atoms with E-state index in [-0.39, 0.29) is 30.5 Å². The van der Waals surface area contributed by atoms with Gasteiger partial charge in [-0.3, -0.25) is 0 Å². The standard InChI is InChI=1S/C46H34N2.C30H22BrN.C18H12Br2.C16H13N/c1-4-14-41(15-5-1)47(42-16-6-2-7-17-42)44-29-24-38(25-30-44)36-20-22-37(23-21-36)39-26-31-45(32-27-39)48(43-18-8-3-9-19-43)46-33-28-35-12-10-11-13-40(35)34-46;31-27-19-15-25(16-20-27)23-11-13-24(14-12-23)26-17-21-30(22-18-26)32(28-7-3-1-4-8-28)29-9-5-2-6-10-29;19-17-9-5-15(6-10-17)13-1-2-14(4-3-13)16-7-11-18(20)12-8-16;1-2-8-15(9-3-1)17-16-11-10-13-6-4-5-7-14(13)12-16/h1-34H;1-22H;1-12H;1-12,17H/i20D,21D,22D,23D,24D,25D,26D,27D,29D,30D,31D,32D;11D,12D,13D,14D,15D,16D,17D,18D,19D,20D,21D,22D;1D,2D,3D,4D,5D,6D,7D,8D,9D,10D,11D,12D;. The predicted molar refractivity (Wildman–Crippen MR) is 510 cm³/mol. The molecule has 0 heterocycles. The summed E-state index contributed by atoms with van der Waals surface area (Å²) in [4.78, 5) is 4.75. The lowest BCUT2D eigenvalue weighted by Gasteiger charge is -2.26. The minimum atomic E-state index is -0.731. The van der Waals surface area contributed by atoms with E-state index in [2.05, 4.69) is 108 Å². The smallest absolute Gasteiger partial charge is 0.0645 e. The normalized spacial score (nSPS) is 15.0. The Morgan fingerprint density at radius 1 is 0.162 bits per heavy atom. The number of fused-ring (bicyclic) bond motifs is 2. The number of nitrogens with zero attached hydrogens (tertiary/aromatic N) is 3. The fourth-order valence-corrected chi connectivity index (χ4v) is 12.6. The van der Waals surface area contributed by atoms with Crippen LogP contribution in [0.4, 0.5) is 62.6 Å². The molecule has 0 aliphatic carbocycles. The highest BCUT2D eigenvalue weighted by Gasteiger charge is 2.17. The van der Waals surface area contributed by atoms with Gasteiger partial charge in [-0.1, -0.05) is 363 Å². The van der Waals surface area contributed by atoms with Crippen LogP contribution >= 0.6 is 47.8 Å². The van der Waals surface area contributed by atoms with Gasteiger partial charge in [0.2, 0.25) is 0 Å². The van der Waals surface area contributed by atoms with Crippen LogP contribution in [0.5, 0.6) is 0 Å². The largest absolute Gasteiger partial charge is 0.356 e. The van der Waals surface area contributed by atoms with E-state index in [9.17, 15) is 5.48 Å². The van der Waals surface area contributed by atoms with E-state index in [4.69, 9.17) is 43.9 Å². The maximum absolute atomic E-state index is 9.28. The lowest BCUT2D eigenvalue weighted by atomic mass is 9.99. The van der Waals surface area contributed by atoms with Gasteiger partial charge in [-0.05, 0) is 258 Å². The summed E-state index contributed by atoms with van der Waals surface area (Å²) in [6, 6.07) is 61.6. The van der Waals surface area contributed by atoms with Crippen LogP contribution in [0.25, 0.3) is 88.3 Å². The number of hydrogen-bond acceptors (Lipinski definition) is 4. The predicted octanol–water partition coefficient (Wildman–Crippen LogP) is 33.5. The summed E-state index contributed by atoms with van der Waals surface area (Å²) in [5.41, 5.74) is -0.149. The maximum atomic E-state index is 9.28. The highest BCUT2D eigenvalue weighted by atomic mass is 79.9. The molecule has 0 aliphatic heterocycles. The summed E-state index contributed by atoms with van der Waals surface area (Å²) in [7, 11) is 0. The summed E-state index contributed by atoms with van der Waals surface area (Å²) < 4.78 is 312. The molecule has 0 spiro atoms. The Kier molecular flexibility index (Phi) is 14.8. The zero-order valence-electron chi connectivity index (χ0n) is 97.4. The molecular formula is C110H81Br3N4. The van der Waals surface area contributed by atoms with Crippen LogP contribution < -0.4 is 20.0 Å². The number of hydrogen-bond donors (Lipinski definition) is 1. The first kappa shape index (κ1) is 45.4. The summed E-state index contributed by atoms with van der Waals surface area (Å²) in [5, 5.41) is 7.76. The first-order valence-electron chi connectivity index (χ1n) is 54.2. The molecule has 4 nitrogen and oxygen atoms in total. The van der Waals surface area contributed by atoms with Crippen LogP contribution in [0.1, 0.15) is 49.3 Å². The van der Waals surface area contributed by atoms with Gasteiger partial charge >= 0.3 is 0 Å². The van der Waals surface area contributed by atoms with Gasteiger partial charge < -0.3 is 20.0 Å². The van der Waals surface area contributed by atoms with Crippen molar-refractivity contribution < 1.29 is 49.3 Å². The van der Waals surface area contributed by atoms with E-state index in [1.54, 1.807) is 160 Å². The zero-order valence-corrected chi connectivity index (χ0v) is 66.1. The third kappa shape index (κ3) is 19.8. The molecule has 0 radical (unpaired) electrons. The zero-order chi connectivity index (χ0) is 111. The third-order valence-corrected chi connectivity index (χ3v) is 18.7. The summed E-state index contributed by atoms with van der Waals surface area (Å²) in [6.07, 6.45) is 0. The first-order valence-corrected chi connectivity index (χ1v) is 38.6. The molecule has 0 saturated heterocycles. The van der Waals surface area contributed by atoms with Crippen LogP contribution in [-0.2, 0) is 0 Å². The minimum absolute atomic E-state index is 0.0773. The fraction of sp³-hybridized carbons (Fsp3) is 0. The van der Waals surface area contributed by atoms with Crippen molar-refractivity contribution in [2.75, 3.05) is 20.0 Å². The number of nitrogens with one attached hydrogen (secondary N) is 1. The number of benzene rings is 19. The lowest BCUT2D eigenvalue weighted by molar-refractivity contribution is 1.28. The molecule has 0 amide bonds.